The first-order valence-corrected chi connectivity index (χ1v) is 6.46. The van der Waals surface area contributed by atoms with E-state index in [0.717, 1.165) is 11.3 Å². The van der Waals surface area contributed by atoms with Crippen LogP contribution in [0.2, 0.25) is 0 Å². The van der Waals surface area contributed by atoms with Crippen molar-refractivity contribution in [3.63, 3.8) is 0 Å². The number of nitrogens with one attached hydrogen (secondary N) is 1. The highest BCUT2D eigenvalue weighted by Crippen LogP contribution is 2.22. The van der Waals surface area contributed by atoms with E-state index in [2.05, 4.69) is 9.97 Å². The first-order chi connectivity index (χ1) is 9.08. The van der Waals surface area contributed by atoms with E-state index in [9.17, 15) is 4.79 Å². The van der Waals surface area contributed by atoms with Gasteiger partial charge in [0.25, 0.3) is 5.56 Å². The average molecular weight is 258 g/mol. The van der Waals surface area contributed by atoms with Crippen LogP contribution in [0.25, 0.3) is 11.3 Å². The lowest BCUT2D eigenvalue weighted by molar-refractivity contribution is 0.242. The van der Waals surface area contributed by atoms with Gasteiger partial charge in [-0.2, -0.15) is 0 Å². The molecule has 2 rings (SSSR count). The third kappa shape index (κ3) is 3.44. The summed E-state index contributed by atoms with van der Waals surface area (Å²) in [6.07, 6.45) is 0.819. The lowest BCUT2D eigenvalue weighted by atomic mass is 10.1. The average Bonchev–Trinajstić information content (AvgIpc) is 2.37. The summed E-state index contributed by atoms with van der Waals surface area (Å²) in [5.41, 5.74) is 1.44. The van der Waals surface area contributed by atoms with E-state index in [1.54, 1.807) is 0 Å². The van der Waals surface area contributed by atoms with Crippen molar-refractivity contribution < 1.29 is 4.74 Å². The minimum atomic E-state index is -0.128. The second-order valence-corrected chi connectivity index (χ2v) is 4.63. The number of rotatable bonds is 4. The summed E-state index contributed by atoms with van der Waals surface area (Å²) >= 11 is 0. The maximum absolute atomic E-state index is 11.6. The first-order valence-electron chi connectivity index (χ1n) is 6.46. The Balaban J connectivity index is 2.41. The Morgan fingerprint density at radius 2 is 2.11 bits per heavy atom. The van der Waals surface area contributed by atoms with Gasteiger partial charge in [-0.1, -0.05) is 19.1 Å². The number of ether oxygens (including phenoxy) is 1. The van der Waals surface area contributed by atoms with Gasteiger partial charge < -0.3 is 9.72 Å². The molecule has 0 saturated heterocycles. The molecule has 0 saturated carbocycles. The van der Waals surface area contributed by atoms with Crippen molar-refractivity contribution in [2.75, 3.05) is 0 Å². The number of aromatic amines is 1. The molecule has 1 aromatic carbocycles. The smallest absolute Gasteiger partial charge is 0.251 e. The van der Waals surface area contributed by atoms with Crippen molar-refractivity contribution >= 4 is 0 Å². The van der Waals surface area contributed by atoms with Gasteiger partial charge in [0.15, 0.2) is 0 Å². The van der Waals surface area contributed by atoms with Gasteiger partial charge in [0.2, 0.25) is 0 Å². The number of benzene rings is 1. The van der Waals surface area contributed by atoms with Crippen LogP contribution in [0.5, 0.6) is 5.75 Å². The molecule has 0 fully saturated rings. The van der Waals surface area contributed by atoms with Crippen LogP contribution in [-0.2, 0) is 6.42 Å². The third-order valence-electron chi connectivity index (χ3n) is 2.63. The standard InChI is InChI=1S/C15H18N2O2/c1-4-14-16-13(9-15(18)17-14)11-6-5-7-12(8-11)19-10(2)3/h5-10H,4H2,1-3H3,(H,16,17,18). The fourth-order valence-electron chi connectivity index (χ4n) is 1.82. The minimum Gasteiger partial charge on any atom is -0.491 e. The molecule has 1 heterocycles. The molecule has 0 aliphatic carbocycles. The van der Waals surface area contributed by atoms with Gasteiger partial charge >= 0.3 is 0 Å². The van der Waals surface area contributed by atoms with Gasteiger partial charge in [-0.25, -0.2) is 4.98 Å². The summed E-state index contributed by atoms with van der Waals surface area (Å²) in [5.74, 6) is 1.48. The molecule has 0 aliphatic heterocycles. The van der Waals surface area contributed by atoms with Crippen LogP contribution >= 0.6 is 0 Å². The predicted octanol–water partition coefficient (Wildman–Crippen LogP) is 2.79. The zero-order valence-corrected chi connectivity index (χ0v) is 11.4. The Kier molecular flexibility index (Phi) is 4.00. The normalized spacial score (nSPS) is 10.7. The first kappa shape index (κ1) is 13.3. The van der Waals surface area contributed by atoms with Crippen LogP contribution in [-0.4, -0.2) is 16.1 Å². The van der Waals surface area contributed by atoms with Gasteiger partial charge in [0.1, 0.15) is 11.6 Å². The fourth-order valence-corrected chi connectivity index (χ4v) is 1.82. The maximum Gasteiger partial charge on any atom is 0.251 e. The number of nitrogens with zero attached hydrogens (tertiary/aromatic N) is 1. The second-order valence-electron chi connectivity index (χ2n) is 4.63. The predicted molar refractivity (Wildman–Crippen MR) is 75.4 cm³/mol. The molecule has 0 aliphatic rings. The van der Waals surface area contributed by atoms with E-state index in [1.165, 1.54) is 6.07 Å². The van der Waals surface area contributed by atoms with E-state index in [0.29, 0.717) is 17.9 Å². The van der Waals surface area contributed by atoms with Crippen LogP contribution in [0.1, 0.15) is 26.6 Å². The summed E-state index contributed by atoms with van der Waals surface area (Å²) in [6.45, 7) is 5.92. The molecular weight excluding hydrogens is 240 g/mol. The number of aryl methyl sites for hydroxylation is 1. The van der Waals surface area contributed by atoms with Crippen molar-refractivity contribution in [3.8, 4) is 17.0 Å². The van der Waals surface area contributed by atoms with Gasteiger partial charge in [-0.15, -0.1) is 0 Å². The number of H-pyrrole nitrogens is 1. The molecule has 1 aromatic heterocycles. The van der Waals surface area contributed by atoms with E-state index < -0.39 is 0 Å². The van der Waals surface area contributed by atoms with Crippen LogP contribution in [0.3, 0.4) is 0 Å². The Morgan fingerprint density at radius 1 is 1.32 bits per heavy atom. The summed E-state index contributed by atoms with van der Waals surface area (Å²) in [6, 6.07) is 9.14. The molecule has 0 amide bonds. The summed E-state index contributed by atoms with van der Waals surface area (Å²) in [7, 11) is 0. The second kappa shape index (κ2) is 5.69. The quantitative estimate of drug-likeness (QED) is 0.917. The largest absolute Gasteiger partial charge is 0.491 e. The van der Waals surface area contributed by atoms with Crippen LogP contribution < -0.4 is 10.3 Å². The van der Waals surface area contributed by atoms with E-state index >= 15 is 0 Å². The topological polar surface area (TPSA) is 55.0 Å². The van der Waals surface area contributed by atoms with Crippen molar-refractivity contribution in [3.05, 3.63) is 46.5 Å². The molecule has 1 N–H and O–H groups in total. The van der Waals surface area contributed by atoms with Gasteiger partial charge in [-0.3, -0.25) is 4.79 Å². The Morgan fingerprint density at radius 3 is 2.79 bits per heavy atom. The lowest BCUT2D eigenvalue weighted by Crippen LogP contribution is -2.10. The van der Waals surface area contributed by atoms with Crippen molar-refractivity contribution in [2.45, 2.75) is 33.3 Å². The molecule has 0 unspecified atom stereocenters. The van der Waals surface area contributed by atoms with Crippen LogP contribution in [0, 0.1) is 0 Å². The van der Waals surface area contributed by atoms with Gasteiger partial charge in [0.05, 0.1) is 11.8 Å². The van der Waals surface area contributed by atoms with Gasteiger partial charge in [-0.05, 0) is 26.0 Å². The van der Waals surface area contributed by atoms with Gasteiger partial charge in [0, 0.05) is 18.1 Å². The highest BCUT2D eigenvalue weighted by Gasteiger charge is 2.05. The monoisotopic (exact) mass is 258 g/mol. The molecular formula is C15H18N2O2. The summed E-state index contributed by atoms with van der Waals surface area (Å²) < 4.78 is 5.65. The maximum atomic E-state index is 11.6. The summed E-state index contributed by atoms with van der Waals surface area (Å²) in [4.78, 5) is 18.7. The van der Waals surface area contributed by atoms with E-state index in [-0.39, 0.29) is 11.7 Å². The number of hydrogen-bond donors (Lipinski definition) is 1. The Labute approximate surface area is 112 Å². The number of hydrogen-bond acceptors (Lipinski definition) is 3. The molecule has 4 heteroatoms. The molecule has 19 heavy (non-hydrogen) atoms. The van der Waals surface area contributed by atoms with Crippen molar-refractivity contribution in [1.29, 1.82) is 0 Å². The van der Waals surface area contributed by atoms with Crippen molar-refractivity contribution in [2.24, 2.45) is 0 Å². The minimum absolute atomic E-state index is 0.119. The highest BCUT2D eigenvalue weighted by atomic mass is 16.5. The third-order valence-corrected chi connectivity index (χ3v) is 2.63. The van der Waals surface area contributed by atoms with Crippen molar-refractivity contribution in [1.82, 2.24) is 9.97 Å². The molecule has 100 valence electrons. The fraction of sp³-hybridized carbons (Fsp3) is 0.333. The Bertz CT molecular complexity index is 618. The summed E-state index contributed by atoms with van der Waals surface area (Å²) in [5, 5.41) is 0. The van der Waals surface area contributed by atoms with Crippen LogP contribution in [0.15, 0.2) is 35.1 Å². The molecule has 0 spiro atoms. The lowest BCUT2D eigenvalue weighted by Gasteiger charge is -2.10. The van der Waals surface area contributed by atoms with Crippen LogP contribution in [0.4, 0.5) is 0 Å². The highest BCUT2D eigenvalue weighted by molar-refractivity contribution is 5.60. The molecule has 0 bridgehead atoms. The zero-order chi connectivity index (χ0) is 13.8. The molecule has 2 aromatic rings. The van der Waals surface area contributed by atoms with E-state index in [1.807, 2.05) is 45.0 Å². The Hall–Kier alpha value is -2.10. The zero-order valence-electron chi connectivity index (χ0n) is 11.4. The number of aromatic nitrogens is 2. The molecule has 0 atom stereocenters. The molecule has 0 radical (unpaired) electrons. The van der Waals surface area contributed by atoms with E-state index in [4.69, 9.17) is 4.74 Å². The SMILES string of the molecule is CCc1nc(-c2cccc(OC(C)C)c2)cc(=O)[nH]1. The molecule has 4 nitrogen and oxygen atoms in total.